The molecule has 1 fully saturated rings. The molecule has 9 heteroatoms. The standard InChI is InChI=1S/C20H21FN6OS/c1-13-8-18(26-20(28)16-11-29-12-23-16)25-19(24-13)17-4-2-3-7-27(17)10-15-6-5-14(21)9-22-15/h5-6,8-9,11-12,17H,2-4,7,10H2,1H3,(H,24,25,26,28). The first-order valence-corrected chi connectivity index (χ1v) is 10.4. The van der Waals surface area contributed by atoms with Gasteiger partial charge in [0.2, 0.25) is 0 Å². The molecule has 0 bridgehead atoms. The molecule has 1 saturated heterocycles. The number of aromatic nitrogens is 4. The van der Waals surface area contributed by atoms with Gasteiger partial charge >= 0.3 is 0 Å². The van der Waals surface area contributed by atoms with Gasteiger partial charge in [-0.25, -0.2) is 19.3 Å². The van der Waals surface area contributed by atoms with Crippen LogP contribution in [0.4, 0.5) is 10.2 Å². The first-order valence-electron chi connectivity index (χ1n) is 9.48. The summed E-state index contributed by atoms with van der Waals surface area (Å²) in [6.45, 7) is 3.38. The quantitative estimate of drug-likeness (QED) is 0.687. The lowest BCUT2D eigenvalue weighted by molar-refractivity contribution is 0.102. The van der Waals surface area contributed by atoms with E-state index in [0.29, 0.717) is 23.9 Å². The molecule has 1 aliphatic heterocycles. The highest BCUT2D eigenvalue weighted by Gasteiger charge is 2.27. The third kappa shape index (κ3) is 4.80. The van der Waals surface area contributed by atoms with E-state index in [-0.39, 0.29) is 17.8 Å². The van der Waals surface area contributed by atoms with E-state index < -0.39 is 0 Å². The van der Waals surface area contributed by atoms with Crippen molar-refractivity contribution in [1.29, 1.82) is 0 Å². The lowest BCUT2D eigenvalue weighted by Crippen LogP contribution is -2.34. The highest BCUT2D eigenvalue weighted by atomic mass is 32.1. The van der Waals surface area contributed by atoms with E-state index in [0.717, 1.165) is 37.2 Å². The molecule has 29 heavy (non-hydrogen) atoms. The molecule has 1 atom stereocenters. The Morgan fingerprint density at radius 1 is 1.31 bits per heavy atom. The maximum Gasteiger partial charge on any atom is 0.276 e. The number of nitrogens with zero attached hydrogens (tertiary/aromatic N) is 5. The number of carbonyl (C=O) groups is 1. The summed E-state index contributed by atoms with van der Waals surface area (Å²) in [5.74, 6) is 0.522. The molecule has 0 spiro atoms. The van der Waals surface area contributed by atoms with Crippen molar-refractivity contribution in [3.05, 3.63) is 64.0 Å². The second-order valence-corrected chi connectivity index (χ2v) is 7.75. The zero-order valence-electron chi connectivity index (χ0n) is 16.0. The Hall–Kier alpha value is -2.78. The highest BCUT2D eigenvalue weighted by Crippen LogP contribution is 2.30. The van der Waals surface area contributed by atoms with E-state index >= 15 is 0 Å². The molecule has 4 heterocycles. The van der Waals surface area contributed by atoms with Crippen molar-refractivity contribution >= 4 is 23.1 Å². The Morgan fingerprint density at radius 2 is 2.21 bits per heavy atom. The van der Waals surface area contributed by atoms with Crippen LogP contribution in [0.1, 0.15) is 53.0 Å². The van der Waals surface area contributed by atoms with Crippen molar-refractivity contribution in [1.82, 2.24) is 24.8 Å². The average molecular weight is 412 g/mol. The maximum absolute atomic E-state index is 13.2. The fraction of sp³-hybridized carbons (Fsp3) is 0.350. The number of aryl methyl sites for hydroxylation is 1. The fourth-order valence-corrected chi connectivity index (χ4v) is 4.02. The predicted molar refractivity (Wildman–Crippen MR) is 108 cm³/mol. The van der Waals surface area contributed by atoms with Crippen LogP contribution in [0, 0.1) is 12.7 Å². The van der Waals surface area contributed by atoms with Gasteiger partial charge in [0, 0.05) is 23.7 Å². The molecule has 1 aliphatic rings. The molecule has 150 valence electrons. The van der Waals surface area contributed by atoms with Crippen LogP contribution in [0.3, 0.4) is 0 Å². The number of anilines is 1. The lowest BCUT2D eigenvalue weighted by Gasteiger charge is -2.34. The van der Waals surface area contributed by atoms with Gasteiger partial charge in [0.25, 0.3) is 5.91 Å². The minimum Gasteiger partial charge on any atom is -0.305 e. The molecule has 7 nitrogen and oxygen atoms in total. The van der Waals surface area contributed by atoms with Crippen LogP contribution in [0.15, 0.2) is 35.3 Å². The van der Waals surface area contributed by atoms with Crippen LogP contribution in [-0.2, 0) is 6.54 Å². The molecule has 1 N–H and O–H groups in total. The van der Waals surface area contributed by atoms with E-state index in [9.17, 15) is 9.18 Å². The molecule has 0 aliphatic carbocycles. The molecule has 1 unspecified atom stereocenters. The van der Waals surface area contributed by atoms with Crippen LogP contribution >= 0.6 is 11.3 Å². The van der Waals surface area contributed by atoms with Gasteiger partial charge in [0.15, 0.2) is 0 Å². The van der Waals surface area contributed by atoms with E-state index in [1.807, 2.05) is 6.92 Å². The Balaban J connectivity index is 1.55. The molecule has 1 amide bonds. The normalized spacial score (nSPS) is 17.2. The number of halogens is 1. The van der Waals surface area contributed by atoms with Crippen molar-refractivity contribution in [2.24, 2.45) is 0 Å². The second kappa shape index (κ2) is 8.71. The number of carbonyl (C=O) groups excluding carboxylic acids is 1. The summed E-state index contributed by atoms with van der Waals surface area (Å²) in [7, 11) is 0. The van der Waals surface area contributed by atoms with Gasteiger partial charge in [-0.05, 0) is 38.4 Å². The number of hydrogen-bond donors (Lipinski definition) is 1. The summed E-state index contributed by atoms with van der Waals surface area (Å²) >= 11 is 1.37. The summed E-state index contributed by atoms with van der Waals surface area (Å²) < 4.78 is 13.2. The molecular weight excluding hydrogens is 391 g/mol. The Bertz CT molecular complexity index is 979. The third-order valence-corrected chi connectivity index (χ3v) is 5.43. The summed E-state index contributed by atoms with van der Waals surface area (Å²) in [5.41, 5.74) is 3.58. The average Bonchev–Trinajstić information content (AvgIpc) is 3.25. The predicted octanol–water partition coefficient (Wildman–Crippen LogP) is 3.76. The molecule has 4 rings (SSSR count). The molecule has 3 aromatic heterocycles. The zero-order chi connectivity index (χ0) is 20.2. The topological polar surface area (TPSA) is 83.9 Å². The monoisotopic (exact) mass is 412 g/mol. The van der Waals surface area contributed by atoms with Crippen LogP contribution < -0.4 is 5.32 Å². The van der Waals surface area contributed by atoms with E-state index in [2.05, 4.69) is 30.2 Å². The van der Waals surface area contributed by atoms with Gasteiger partial charge in [-0.1, -0.05) is 6.42 Å². The van der Waals surface area contributed by atoms with Crippen molar-refractivity contribution in [3.63, 3.8) is 0 Å². The van der Waals surface area contributed by atoms with Crippen molar-refractivity contribution in [3.8, 4) is 0 Å². The van der Waals surface area contributed by atoms with Crippen LogP contribution in [-0.4, -0.2) is 37.3 Å². The summed E-state index contributed by atoms with van der Waals surface area (Å²) in [5, 5.41) is 4.51. The number of rotatable bonds is 5. The minimum atomic E-state index is -0.341. The number of likely N-dealkylation sites (tertiary alicyclic amines) is 1. The van der Waals surface area contributed by atoms with Crippen molar-refractivity contribution in [2.75, 3.05) is 11.9 Å². The summed E-state index contributed by atoms with van der Waals surface area (Å²) in [6, 6.07) is 4.90. The van der Waals surface area contributed by atoms with Crippen LogP contribution in [0.2, 0.25) is 0 Å². The van der Waals surface area contributed by atoms with E-state index in [1.165, 1.54) is 23.6 Å². The number of piperidine rings is 1. The summed E-state index contributed by atoms with van der Waals surface area (Å²) in [6.07, 6.45) is 4.32. The number of hydrogen-bond acceptors (Lipinski definition) is 7. The van der Waals surface area contributed by atoms with Gasteiger partial charge in [-0.2, -0.15) is 0 Å². The second-order valence-electron chi connectivity index (χ2n) is 7.03. The van der Waals surface area contributed by atoms with Gasteiger partial charge in [0.05, 0.1) is 23.4 Å². The van der Waals surface area contributed by atoms with Crippen LogP contribution in [0.5, 0.6) is 0 Å². The Morgan fingerprint density at radius 3 is 2.97 bits per heavy atom. The van der Waals surface area contributed by atoms with Crippen LogP contribution in [0.25, 0.3) is 0 Å². The summed E-state index contributed by atoms with van der Waals surface area (Å²) in [4.78, 5) is 32.1. The smallest absolute Gasteiger partial charge is 0.276 e. The maximum atomic E-state index is 13.2. The lowest BCUT2D eigenvalue weighted by atomic mass is 10.0. The third-order valence-electron chi connectivity index (χ3n) is 4.84. The first kappa shape index (κ1) is 19.5. The molecule has 0 radical (unpaired) electrons. The minimum absolute atomic E-state index is 0.0189. The largest absolute Gasteiger partial charge is 0.305 e. The number of nitrogens with one attached hydrogen (secondary N) is 1. The number of amides is 1. The molecule has 0 saturated carbocycles. The fourth-order valence-electron chi connectivity index (χ4n) is 3.49. The number of thiazole rings is 1. The van der Waals surface area contributed by atoms with E-state index in [1.54, 1.807) is 23.0 Å². The van der Waals surface area contributed by atoms with Crippen molar-refractivity contribution < 1.29 is 9.18 Å². The van der Waals surface area contributed by atoms with Gasteiger partial charge in [-0.3, -0.25) is 14.7 Å². The highest BCUT2D eigenvalue weighted by molar-refractivity contribution is 7.07. The molecule has 3 aromatic rings. The van der Waals surface area contributed by atoms with Gasteiger partial charge < -0.3 is 5.32 Å². The molecule has 0 aromatic carbocycles. The van der Waals surface area contributed by atoms with Crippen molar-refractivity contribution in [2.45, 2.75) is 38.8 Å². The molecular formula is C20H21FN6OS. The first-order chi connectivity index (χ1) is 14.1. The number of pyridine rings is 1. The zero-order valence-corrected chi connectivity index (χ0v) is 16.8. The van der Waals surface area contributed by atoms with Gasteiger partial charge in [-0.15, -0.1) is 11.3 Å². The van der Waals surface area contributed by atoms with E-state index in [4.69, 9.17) is 0 Å². The van der Waals surface area contributed by atoms with Gasteiger partial charge in [0.1, 0.15) is 23.2 Å². The Labute approximate surface area is 172 Å². The SMILES string of the molecule is Cc1cc(NC(=O)c2cscn2)nc(C2CCCCN2Cc2ccc(F)cn2)n1. The Kier molecular flexibility index (Phi) is 5.86.